The topological polar surface area (TPSA) is 89.7 Å². The van der Waals surface area contributed by atoms with Gasteiger partial charge in [0.2, 0.25) is 12.6 Å². The van der Waals surface area contributed by atoms with Gasteiger partial charge in [-0.3, -0.25) is 4.90 Å². The number of fused-ring (bicyclic) bond motifs is 1. The van der Waals surface area contributed by atoms with Gasteiger partial charge in [0.05, 0.1) is 18.2 Å². The van der Waals surface area contributed by atoms with Crippen molar-refractivity contribution in [3.05, 3.63) is 101 Å². The van der Waals surface area contributed by atoms with Crippen LogP contribution in [0.2, 0.25) is 0 Å². The zero-order valence-corrected chi connectivity index (χ0v) is 20.2. The first-order valence-corrected chi connectivity index (χ1v) is 11.8. The molecule has 0 saturated heterocycles. The molecule has 0 aliphatic carbocycles. The number of amides is 2. The van der Waals surface area contributed by atoms with E-state index in [1.165, 1.54) is 12.1 Å². The summed E-state index contributed by atoms with van der Waals surface area (Å²) in [5, 5.41) is 7.19. The Morgan fingerprint density at radius 3 is 2.70 bits per heavy atom. The van der Waals surface area contributed by atoms with E-state index in [0.29, 0.717) is 46.3 Å². The Kier molecular flexibility index (Phi) is 5.60. The molecule has 1 aromatic heterocycles. The maximum absolute atomic E-state index is 14.2. The Morgan fingerprint density at radius 1 is 1.03 bits per heavy atom. The molecular formula is C28H23FN4O4. The van der Waals surface area contributed by atoms with Crippen LogP contribution in [0.15, 0.2) is 77.0 Å². The minimum atomic E-state index is -0.679. The number of aromatic nitrogens is 2. The normalized spacial score (nSPS) is 16.8. The molecular weight excluding hydrogens is 475 g/mol. The highest BCUT2D eigenvalue weighted by atomic mass is 19.1. The van der Waals surface area contributed by atoms with Crippen molar-refractivity contribution in [3.63, 3.8) is 0 Å². The Hall–Kier alpha value is -4.66. The number of halogens is 1. The maximum Gasteiger partial charge on any atom is 0.322 e. The van der Waals surface area contributed by atoms with E-state index in [4.69, 9.17) is 14.0 Å². The van der Waals surface area contributed by atoms with E-state index in [9.17, 15) is 9.18 Å². The Morgan fingerprint density at radius 2 is 1.86 bits per heavy atom. The molecule has 0 radical (unpaired) electrons. The number of nitrogens with one attached hydrogen (secondary N) is 1. The first-order chi connectivity index (χ1) is 18.0. The van der Waals surface area contributed by atoms with Gasteiger partial charge in [-0.25, -0.2) is 9.18 Å². The molecule has 37 heavy (non-hydrogen) atoms. The predicted octanol–water partition coefficient (Wildman–Crippen LogP) is 5.61. The molecule has 1 unspecified atom stereocenters. The smallest absolute Gasteiger partial charge is 0.322 e. The molecule has 0 bridgehead atoms. The molecule has 0 fully saturated rings. The molecule has 9 heteroatoms. The van der Waals surface area contributed by atoms with Crippen molar-refractivity contribution in [2.75, 3.05) is 6.79 Å². The molecule has 0 spiro atoms. The number of hydrogen-bond donors (Lipinski definition) is 1. The van der Waals surface area contributed by atoms with Gasteiger partial charge in [-0.1, -0.05) is 47.1 Å². The van der Waals surface area contributed by atoms with Gasteiger partial charge in [-0.2, -0.15) is 4.98 Å². The molecule has 6 rings (SSSR count). The summed E-state index contributed by atoms with van der Waals surface area (Å²) in [7, 11) is 0. The fourth-order valence-electron chi connectivity index (χ4n) is 4.66. The fourth-order valence-corrected chi connectivity index (χ4v) is 4.66. The zero-order chi connectivity index (χ0) is 25.5. The Labute approximate surface area is 212 Å². The van der Waals surface area contributed by atoms with Crippen LogP contribution in [0.25, 0.3) is 17.0 Å². The van der Waals surface area contributed by atoms with Crippen molar-refractivity contribution in [1.29, 1.82) is 0 Å². The van der Waals surface area contributed by atoms with E-state index in [1.807, 2.05) is 44.2 Å². The number of rotatable bonds is 5. The lowest BCUT2D eigenvalue weighted by Gasteiger charge is -2.35. The lowest BCUT2D eigenvalue weighted by atomic mass is 9.94. The van der Waals surface area contributed by atoms with E-state index in [0.717, 1.165) is 11.1 Å². The lowest BCUT2D eigenvalue weighted by molar-refractivity contribution is 0.174. The van der Waals surface area contributed by atoms with E-state index in [2.05, 4.69) is 15.5 Å². The summed E-state index contributed by atoms with van der Waals surface area (Å²) in [6.45, 7) is 4.35. The van der Waals surface area contributed by atoms with Gasteiger partial charge < -0.3 is 19.3 Å². The number of benzene rings is 3. The zero-order valence-electron chi connectivity index (χ0n) is 20.2. The van der Waals surface area contributed by atoms with Crippen molar-refractivity contribution >= 4 is 11.6 Å². The molecule has 3 aromatic carbocycles. The second-order valence-corrected chi connectivity index (χ2v) is 9.00. The Bertz CT molecular complexity index is 1550. The van der Waals surface area contributed by atoms with E-state index >= 15 is 0 Å². The molecule has 2 aliphatic heterocycles. The number of nitrogens with zero attached hydrogens (tertiary/aromatic N) is 3. The van der Waals surface area contributed by atoms with Gasteiger partial charge in [0.25, 0.3) is 5.89 Å². The summed E-state index contributed by atoms with van der Waals surface area (Å²) in [6, 6.07) is 18.5. The molecule has 1 N–H and O–H groups in total. The fraction of sp³-hybridized carbons (Fsp3) is 0.179. The summed E-state index contributed by atoms with van der Waals surface area (Å²) in [4.78, 5) is 19.6. The van der Waals surface area contributed by atoms with Crippen LogP contribution in [0.1, 0.15) is 35.5 Å². The highest BCUT2D eigenvalue weighted by molar-refractivity contribution is 5.87. The quantitative estimate of drug-likeness (QED) is 0.385. The van der Waals surface area contributed by atoms with Crippen LogP contribution in [0.4, 0.5) is 9.18 Å². The van der Waals surface area contributed by atoms with E-state index in [-0.39, 0.29) is 18.7 Å². The van der Waals surface area contributed by atoms with Crippen molar-refractivity contribution in [2.45, 2.75) is 26.4 Å². The third kappa shape index (κ3) is 4.29. The first-order valence-electron chi connectivity index (χ1n) is 11.8. The van der Waals surface area contributed by atoms with E-state index < -0.39 is 11.9 Å². The van der Waals surface area contributed by atoms with Gasteiger partial charge in [-0.05, 0) is 55.3 Å². The third-order valence-corrected chi connectivity index (χ3v) is 6.49. The average Bonchev–Trinajstić information content (AvgIpc) is 3.56. The predicted molar refractivity (Wildman–Crippen MR) is 133 cm³/mol. The van der Waals surface area contributed by atoms with Gasteiger partial charge in [0.1, 0.15) is 5.82 Å². The largest absolute Gasteiger partial charge is 0.454 e. The Balaban J connectivity index is 1.43. The monoisotopic (exact) mass is 498 g/mol. The second kappa shape index (κ2) is 9.09. The van der Waals surface area contributed by atoms with Crippen LogP contribution >= 0.6 is 0 Å². The number of hydrogen-bond acceptors (Lipinski definition) is 6. The number of ether oxygens (including phenoxy) is 2. The van der Waals surface area contributed by atoms with Gasteiger partial charge in [0.15, 0.2) is 11.5 Å². The van der Waals surface area contributed by atoms with Crippen LogP contribution in [0.3, 0.4) is 0 Å². The van der Waals surface area contributed by atoms with Crippen molar-refractivity contribution in [3.8, 4) is 22.9 Å². The maximum atomic E-state index is 14.2. The lowest BCUT2D eigenvalue weighted by Crippen LogP contribution is -2.45. The summed E-state index contributed by atoms with van der Waals surface area (Å²) in [6.07, 6.45) is 0. The number of allylic oxidation sites excluding steroid dienone is 1. The minimum Gasteiger partial charge on any atom is -0.454 e. The molecule has 3 heterocycles. The summed E-state index contributed by atoms with van der Waals surface area (Å²) >= 11 is 0. The molecule has 2 amide bonds. The van der Waals surface area contributed by atoms with Crippen molar-refractivity contribution in [2.24, 2.45) is 0 Å². The third-order valence-electron chi connectivity index (χ3n) is 6.49. The summed E-state index contributed by atoms with van der Waals surface area (Å²) < 4.78 is 30.7. The van der Waals surface area contributed by atoms with Crippen molar-refractivity contribution < 1.29 is 23.2 Å². The molecule has 186 valence electrons. The minimum absolute atomic E-state index is 0.161. The second-order valence-electron chi connectivity index (χ2n) is 9.00. The highest BCUT2D eigenvalue weighted by Gasteiger charge is 2.36. The number of carbonyl (C=O) groups excluding carboxylic acids is 1. The van der Waals surface area contributed by atoms with E-state index in [1.54, 1.807) is 29.2 Å². The van der Waals surface area contributed by atoms with Crippen LogP contribution in [0.5, 0.6) is 11.5 Å². The average molecular weight is 499 g/mol. The van der Waals surface area contributed by atoms with Gasteiger partial charge >= 0.3 is 6.03 Å². The van der Waals surface area contributed by atoms with Gasteiger partial charge in [0, 0.05) is 11.3 Å². The molecule has 1 atom stereocenters. The SMILES string of the molecule is CC1=C(c2nc(-c3ccc4c(c3)OCO4)no2)C(c2cccc(F)c2)NC(=O)N1Cc1cccc(C)c1. The van der Waals surface area contributed by atoms with Crippen LogP contribution in [-0.2, 0) is 6.54 Å². The first kappa shape index (κ1) is 22.8. The summed E-state index contributed by atoms with van der Waals surface area (Å²) in [5.41, 5.74) is 4.57. The van der Waals surface area contributed by atoms with Crippen molar-refractivity contribution in [1.82, 2.24) is 20.4 Å². The summed E-state index contributed by atoms with van der Waals surface area (Å²) in [5.74, 6) is 1.44. The molecule has 2 aliphatic rings. The van der Waals surface area contributed by atoms with Gasteiger partial charge in [-0.15, -0.1) is 0 Å². The van der Waals surface area contributed by atoms with Crippen LogP contribution in [-0.4, -0.2) is 27.9 Å². The number of aryl methyl sites for hydroxylation is 1. The van der Waals surface area contributed by atoms with Crippen LogP contribution < -0.4 is 14.8 Å². The molecule has 4 aromatic rings. The number of urea groups is 1. The number of carbonyl (C=O) groups is 1. The van der Waals surface area contributed by atoms with Crippen LogP contribution in [0, 0.1) is 12.7 Å². The highest BCUT2D eigenvalue weighted by Crippen LogP contribution is 2.39. The standard InChI is InChI=1S/C28H23FN4O4/c1-16-5-3-6-18(11-16)14-33-17(2)24(25(30-28(33)34)19-7-4-8-21(29)12-19)27-31-26(32-37-27)20-9-10-22-23(13-20)36-15-35-22/h3-13,25H,14-15H2,1-2H3,(H,30,34). The molecule has 8 nitrogen and oxygen atoms in total. The molecule has 0 saturated carbocycles.